The van der Waals surface area contributed by atoms with Crippen LogP contribution in [-0.4, -0.2) is 37.0 Å². The van der Waals surface area contributed by atoms with E-state index in [4.69, 9.17) is 16.3 Å². The van der Waals surface area contributed by atoms with Crippen molar-refractivity contribution in [1.82, 2.24) is 4.90 Å². The largest absolute Gasteiger partial charge is 0.465 e. The number of rotatable bonds is 5. The lowest BCUT2D eigenvalue weighted by molar-refractivity contribution is -0.121. The Morgan fingerprint density at radius 3 is 2.86 bits per heavy atom. The number of benzene rings is 2. The number of hydrogen-bond acceptors (Lipinski definition) is 4. The highest BCUT2D eigenvalue weighted by Crippen LogP contribution is 2.26. The molecule has 0 aromatic heterocycles. The zero-order chi connectivity index (χ0) is 20.1. The first kappa shape index (κ1) is 20.8. The first-order valence-corrected chi connectivity index (χ1v) is 10.3. The summed E-state index contributed by atoms with van der Waals surface area (Å²) in [5, 5.41) is 3.27. The Morgan fingerprint density at radius 2 is 2.11 bits per heavy atom. The standard InChI is InChI=1S/C21H22BrClN2O3/c1-28-21(27)15-7-8-18(23)19(11-15)24-20(26)16-5-3-9-25(13-16)12-14-4-2-6-17(22)10-14/h2,4,6-8,10-11,16H,3,5,9,12-13H2,1H3,(H,24,26). The molecule has 1 saturated heterocycles. The summed E-state index contributed by atoms with van der Waals surface area (Å²) < 4.78 is 5.78. The number of methoxy groups -OCH3 is 1. The molecule has 1 fully saturated rings. The van der Waals surface area contributed by atoms with E-state index in [-0.39, 0.29) is 11.8 Å². The fourth-order valence-corrected chi connectivity index (χ4v) is 4.02. The molecule has 3 rings (SSSR count). The van der Waals surface area contributed by atoms with Crippen molar-refractivity contribution >= 4 is 45.1 Å². The molecule has 1 atom stereocenters. The van der Waals surface area contributed by atoms with Gasteiger partial charge in [0.15, 0.2) is 0 Å². The second-order valence-electron chi connectivity index (χ2n) is 6.88. The highest BCUT2D eigenvalue weighted by Gasteiger charge is 2.26. The zero-order valence-electron chi connectivity index (χ0n) is 15.6. The molecule has 2 aromatic carbocycles. The Balaban J connectivity index is 1.65. The highest BCUT2D eigenvalue weighted by molar-refractivity contribution is 9.10. The van der Waals surface area contributed by atoms with Crippen molar-refractivity contribution in [3.63, 3.8) is 0 Å². The molecule has 1 amide bonds. The summed E-state index contributed by atoms with van der Waals surface area (Å²) in [7, 11) is 1.32. The third-order valence-electron chi connectivity index (χ3n) is 4.82. The van der Waals surface area contributed by atoms with Gasteiger partial charge >= 0.3 is 5.97 Å². The van der Waals surface area contributed by atoms with Crippen LogP contribution < -0.4 is 5.32 Å². The average Bonchev–Trinajstić information content (AvgIpc) is 2.69. The quantitative estimate of drug-likeness (QED) is 0.648. The predicted octanol–water partition coefficient (Wildman–Crippen LogP) is 4.74. The molecule has 0 spiro atoms. The Hall–Kier alpha value is -1.89. The van der Waals surface area contributed by atoms with E-state index >= 15 is 0 Å². The molecule has 28 heavy (non-hydrogen) atoms. The van der Waals surface area contributed by atoms with E-state index in [1.165, 1.54) is 12.7 Å². The van der Waals surface area contributed by atoms with Crippen LogP contribution in [0.1, 0.15) is 28.8 Å². The Bertz CT molecular complexity index is 874. The summed E-state index contributed by atoms with van der Waals surface area (Å²) in [6.45, 7) is 2.46. The van der Waals surface area contributed by atoms with Crippen molar-refractivity contribution < 1.29 is 14.3 Å². The number of carbonyl (C=O) groups excluding carboxylic acids is 2. The summed E-state index contributed by atoms with van der Waals surface area (Å²) in [6, 6.07) is 12.9. The number of ether oxygens (including phenoxy) is 1. The average molecular weight is 466 g/mol. The van der Waals surface area contributed by atoms with E-state index in [2.05, 4.69) is 38.3 Å². The van der Waals surface area contributed by atoms with Crippen LogP contribution >= 0.6 is 27.5 Å². The number of likely N-dealkylation sites (tertiary alicyclic amines) is 1. The summed E-state index contributed by atoms with van der Waals surface area (Å²) >= 11 is 9.70. The summed E-state index contributed by atoms with van der Waals surface area (Å²) in [5.74, 6) is -0.674. The molecule has 0 bridgehead atoms. The highest BCUT2D eigenvalue weighted by atomic mass is 79.9. The smallest absolute Gasteiger partial charge is 0.337 e. The molecule has 148 valence electrons. The van der Waals surface area contributed by atoms with Crippen LogP contribution in [0.2, 0.25) is 5.02 Å². The second-order valence-corrected chi connectivity index (χ2v) is 8.20. The SMILES string of the molecule is COC(=O)c1ccc(Cl)c(NC(=O)C2CCCN(Cc3cccc(Br)c3)C2)c1. The third-order valence-corrected chi connectivity index (χ3v) is 5.64. The van der Waals surface area contributed by atoms with Crippen molar-refractivity contribution in [2.75, 3.05) is 25.5 Å². The van der Waals surface area contributed by atoms with Gasteiger partial charge in [-0.25, -0.2) is 4.79 Å². The van der Waals surface area contributed by atoms with Gasteiger partial charge in [-0.3, -0.25) is 9.69 Å². The number of nitrogens with one attached hydrogen (secondary N) is 1. The number of nitrogens with zero attached hydrogens (tertiary/aromatic N) is 1. The minimum Gasteiger partial charge on any atom is -0.465 e. The first-order valence-electron chi connectivity index (χ1n) is 9.12. The number of hydrogen-bond donors (Lipinski definition) is 1. The van der Waals surface area contributed by atoms with E-state index in [0.717, 1.165) is 30.4 Å². The molecule has 0 saturated carbocycles. The molecule has 1 heterocycles. The van der Waals surface area contributed by atoms with Crippen LogP contribution in [-0.2, 0) is 16.1 Å². The van der Waals surface area contributed by atoms with Gasteiger partial charge in [0.2, 0.25) is 5.91 Å². The molecule has 5 nitrogen and oxygen atoms in total. The van der Waals surface area contributed by atoms with Gasteiger partial charge in [0, 0.05) is 17.6 Å². The summed E-state index contributed by atoms with van der Waals surface area (Å²) in [6.07, 6.45) is 1.79. The number of anilines is 1. The molecule has 1 aliphatic rings. The van der Waals surface area contributed by atoms with Crippen molar-refractivity contribution in [3.05, 3.63) is 63.1 Å². The lowest BCUT2D eigenvalue weighted by Crippen LogP contribution is -2.40. The zero-order valence-corrected chi connectivity index (χ0v) is 17.9. The Labute approximate surface area is 178 Å². The van der Waals surface area contributed by atoms with Crippen molar-refractivity contribution in [2.45, 2.75) is 19.4 Å². The normalized spacial score (nSPS) is 17.2. The summed E-state index contributed by atoms with van der Waals surface area (Å²) in [4.78, 5) is 26.8. The molecular formula is C21H22BrClN2O3. The minimum atomic E-state index is -0.468. The molecule has 7 heteroatoms. The third kappa shape index (κ3) is 5.34. The number of amides is 1. The number of piperidine rings is 1. The van der Waals surface area contributed by atoms with Gasteiger partial charge in [0.1, 0.15) is 0 Å². The maximum absolute atomic E-state index is 12.8. The fourth-order valence-electron chi connectivity index (χ4n) is 3.41. The number of esters is 1. The monoisotopic (exact) mass is 464 g/mol. The van der Waals surface area contributed by atoms with Crippen LogP contribution in [0.4, 0.5) is 5.69 Å². The van der Waals surface area contributed by atoms with Crippen molar-refractivity contribution in [3.8, 4) is 0 Å². The first-order chi connectivity index (χ1) is 13.5. The molecule has 1 N–H and O–H groups in total. The maximum atomic E-state index is 12.8. The molecule has 0 aliphatic carbocycles. The van der Waals surface area contributed by atoms with Crippen LogP contribution in [0, 0.1) is 5.92 Å². The lowest BCUT2D eigenvalue weighted by Gasteiger charge is -2.32. The van der Waals surface area contributed by atoms with E-state index in [0.29, 0.717) is 22.8 Å². The number of halogens is 2. The summed E-state index contributed by atoms with van der Waals surface area (Å²) in [5.41, 5.74) is 1.99. The van der Waals surface area contributed by atoms with Crippen LogP contribution in [0.3, 0.4) is 0 Å². The Morgan fingerprint density at radius 1 is 1.29 bits per heavy atom. The van der Waals surface area contributed by atoms with E-state index in [9.17, 15) is 9.59 Å². The van der Waals surface area contributed by atoms with Crippen LogP contribution in [0.25, 0.3) is 0 Å². The second kappa shape index (κ2) is 9.54. The van der Waals surface area contributed by atoms with E-state index < -0.39 is 5.97 Å². The van der Waals surface area contributed by atoms with Gasteiger partial charge < -0.3 is 10.1 Å². The van der Waals surface area contributed by atoms with Gasteiger partial charge in [0.05, 0.1) is 29.3 Å². The van der Waals surface area contributed by atoms with E-state index in [1.54, 1.807) is 18.2 Å². The van der Waals surface area contributed by atoms with E-state index in [1.807, 2.05) is 12.1 Å². The van der Waals surface area contributed by atoms with Gasteiger partial charge in [-0.15, -0.1) is 0 Å². The number of carbonyl (C=O) groups is 2. The molecule has 2 aromatic rings. The topological polar surface area (TPSA) is 58.6 Å². The molecule has 1 aliphatic heterocycles. The molecule has 1 unspecified atom stereocenters. The van der Waals surface area contributed by atoms with Gasteiger partial charge in [-0.1, -0.05) is 39.7 Å². The van der Waals surface area contributed by atoms with Gasteiger partial charge in [0.25, 0.3) is 0 Å². The maximum Gasteiger partial charge on any atom is 0.337 e. The molecular weight excluding hydrogens is 444 g/mol. The van der Waals surface area contributed by atoms with Crippen LogP contribution in [0.5, 0.6) is 0 Å². The van der Waals surface area contributed by atoms with Gasteiger partial charge in [-0.2, -0.15) is 0 Å². The minimum absolute atomic E-state index is 0.0807. The molecule has 0 radical (unpaired) electrons. The van der Waals surface area contributed by atoms with Crippen molar-refractivity contribution in [1.29, 1.82) is 0 Å². The lowest BCUT2D eigenvalue weighted by atomic mass is 9.96. The van der Waals surface area contributed by atoms with Crippen molar-refractivity contribution in [2.24, 2.45) is 5.92 Å². The fraction of sp³-hybridized carbons (Fsp3) is 0.333. The Kier molecular flexibility index (Phi) is 7.10. The predicted molar refractivity (Wildman–Crippen MR) is 114 cm³/mol. The van der Waals surface area contributed by atoms with Crippen LogP contribution in [0.15, 0.2) is 46.9 Å². The van der Waals surface area contributed by atoms with Gasteiger partial charge in [-0.05, 0) is 55.3 Å².